The number of hydrazone groups is 1. The van der Waals surface area contributed by atoms with Gasteiger partial charge in [0, 0.05) is 22.6 Å². The molecule has 0 aliphatic rings. The molecule has 3 aromatic rings. The summed E-state index contributed by atoms with van der Waals surface area (Å²) in [5.74, 6) is 0.274. The summed E-state index contributed by atoms with van der Waals surface area (Å²) in [6, 6.07) is 15.0. The van der Waals surface area contributed by atoms with Gasteiger partial charge in [0.15, 0.2) is 4.67 Å². The molecule has 122 valence electrons. The zero-order valence-corrected chi connectivity index (χ0v) is 14.9. The molecule has 0 bridgehead atoms. The molecule has 1 aromatic carbocycles. The van der Waals surface area contributed by atoms with E-state index >= 15 is 0 Å². The van der Waals surface area contributed by atoms with Crippen LogP contribution < -0.4 is 5.43 Å². The Morgan fingerprint density at radius 1 is 1.17 bits per heavy atom. The third-order valence-corrected chi connectivity index (χ3v) is 4.02. The molecule has 3 rings (SSSR count). The molecular weight excluding hydrogens is 370 g/mol. The molecule has 0 unspecified atom stereocenters. The second-order valence-corrected chi connectivity index (χ2v) is 6.12. The van der Waals surface area contributed by atoms with Crippen molar-refractivity contribution in [1.29, 1.82) is 0 Å². The number of aryl methyl sites for hydroxylation is 2. The summed E-state index contributed by atoms with van der Waals surface area (Å²) in [5.41, 5.74) is 6.22. The Kier molecular flexibility index (Phi) is 4.66. The van der Waals surface area contributed by atoms with Crippen LogP contribution in [-0.4, -0.2) is 16.7 Å². The van der Waals surface area contributed by atoms with Crippen LogP contribution in [0.25, 0.3) is 5.69 Å². The molecule has 0 fully saturated rings. The quantitative estimate of drug-likeness (QED) is 0.539. The minimum absolute atomic E-state index is 0.277. The molecule has 0 radical (unpaired) electrons. The van der Waals surface area contributed by atoms with Gasteiger partial charge in [-0.15, -0.1) is 0 Å². The number of hydrogen-bond donors (Lipinski definition) is 1. The molecule has 0 aliphatic heterocycles. The Hall–Kier alpha value is -2.60. The maximum atomic E-state index is 12.3. The Bertz CT molecular complexity index is 889. The first-order valence-electron chi connectivity index (χ1n) is 7.39. The van der Waals surface area contributed by atoms with Crippen molar-refractivity contribution >= 4 is 28.1 Å². The van der Waals surface area contributed by atoms with Crippen LogP contribution in [0.3, 0.4) is 0 Å². The van der Waals surface area contributed by atoms with Crippen LogP contribution in [0.1, 0.15) is 27.5 Å². The number of hydrogen-bond acceptors (Lipinski definition) is 3. The first-order chi connectivity index (χ1) is 11.5. The van der Waals surface area contributed by atoms with E-state index in [0.717, 1.165) is 17.1 Å². The number of rotatable bonds is 4. The lowest BCUT2D eigenvalue weighted by molar-refractivity contribution is 0.0955. The van der Waals surface area contributed by atoms with Crippen LogP contribution in [0.2, 0.25) is 0 Å². The lowest BCUT2D eigenvalue weighted by Gasteiger charge is -2.10. The number of aromatic nitrogens is 1. The van der Waals surface area contributed by atoms with E-state index in [2.05, 4.69) is 31.0 Å². The van der Waals surface area contributed by atoms with Gasteiger partial charge in [0.05, 0.1) is 6.21 Å². The van der Waals surface area contributed by atoms with Crippen LogP contribution in [-0.2, 0) is 0 Å². The standard InChI is InChI=1S/C18H16BrN3O2/c1-12-6-7-13(2)22(12)15-5-3-4-14(10-15)18(23)21-20-11-16-8-9-17(19)24-16/h3-11H,1-2H3,(H,21,23)/b20-11-. The van der Waals surface area contributed by atoms with Gasteiger partial charge in [0.25, 0.3) is 5.91 Å². The van der Waals surface area contributed by atoms with Gasteiger partial charge in [-0.05, 0) is 72.2 Å². The lowest BCUT2D eigenvalue weighted by atomic mass is 10.2. The van der Waals surface area contributed by atoms with Gasteiger partial charge in [-0.3, -0.25) is 4.79 Å². The highest BCUT2D eigenvalue weighted by molar-refractivity contribution is 9.10. The van der Waals surface area contributed by atoms with E-state index in [1.165, 1.54) is 6.21 Å². The number of carbonyl (C=O) groups excluding carboxylic acids is 1. The van der Waals surface area contributed by atoms with Gasteiger partial charge in [-0.1, -0.05) is 6.07 Å². The predicted octanol–water partition coefficient (Wildman–Crippen LogP) is 4.21. The van der Waals surface area contributed by atoms with E-state index in [1.54, 1.807) is 18.2 Å². The number of furan rings is 1. The molecule has 6 heteroatoms. The average molecular weight is 386 g/mol. The Labute approximate surface area is 148 Å². The fourth-order valence-electron chi connectivity index (χ4n) is 2.48. The number of benzene rings is 1. The highest BCUT2D eigenvalue weighted by atomic mass is 79.9. The van der Waals surface area contributed by atoms with Crippen molar-refractivity contribution in [2.24, 2.45) is 5.10 Å². The molecule has 24 heavy (non-hydrogen) atoms. The summed E-state index contributed by atoms with van der Waals surface area (Å²) in [4.78, 5) is 12.3. The van der Waals surface area contributed by atoms with Crippen molar-refractivity contribution in [3.63, 3.8) is 0 Å². The average Bonchev–Trinajstić information content (AvgIpc) is 3.13. The summed E-state index contributed by atoms with van der Waals surface area (Å²) >= 11 is 3.21. The number of nitrogens with one attached hydrogen (secondary N) is 1. The van der Waals surface area contributed by atoms with Crippen LogP contribution in [0.5, 0.6) is 0 Å². The van der Waals surface area contributed by atoms with Crippen molar-refractivity contribution in [2.75, 3.05) is 0 Å². The van der Waals surface area contributed by atoms with Gasteiger partial charge < -0.3 is 8.98 Å². The molecule has 0 saturated carbocycles. The number of halogens is 1. The minimum atomic E-state index is -0.277. The van der Waals surface area contributed by atoms with Crippen molar-refractivity contribution in [2.45, 2.75) is 13.8 Å². The monoisotopic (exact) mass is 385 g/mol. The molecule has 2 aromatic heterocycles. The van der Waals surface area contributed by atoms with Crippen molar-refractivity contribution in [3.05, 3.63) is 75.9 Å². The van der Waals surface area contributed by atoms with Crippen LogP contribution in [0.4, 0.5) is 0 Å². The third kappa shape index (κ3) is 3.49. The Morgan fingerprint density at radius 2 is 1.92 bits per heavy atom. The van der Waals surface area contributed by atoms with Gasteiger partial charge in [0.2, 0.25) is 0 Å². The lowest BCUT2D eigenvalue weighted by Crippen LogP contribution is -2.17. The largest absolute Gasteiger partial charge is 0.448 e. The van der Waals surface area contributed by atoms with E-state index in [4.69, 9.17) is 4.42 Å². The highest BCUT2D eigenvalue weighted by Crippen LogP contribution is 2.17. The zero-order valence-electron chi connectivity index (χ0n) is 13.3. The summed E-state index contributed by atoms with van der Waals surface area (Å²) < 4.78 is 7.99. The number of carbonyl (C=O) groups is 1. The topological polar surface area (TPSA) is 59.5 Å². The zero-order chi connectivity index (χ0) is 17.1. The molecule has 2 heterocycles. The maximum absolute atomic E-state index is 12.3. The molecule has 0 atom stereocenters. The summed E-state index contributed by atoms with van der Waals surface area (Å²) in [5, 5.41) is 3.91. The van der Waals surface area contributed by atoms with Gasteiger partial charge >= 0.3 is 0 Å². The van der Waals surface area contributed by atoms with E-state index in [-0.39, 0.29) is 5.91 Å². The molecule has 0 spiro atoms. The molecule has 1 amide bonds. The van der Waals surface area contributed by atoms with Crippen LogP contribution in [0.15, 0.2) is 62.7 Å². The fraction of sp³-hybridized carbons (Fsp3) is 0.111. The highest BCUT2D eigenvalue weighted by Gasteiger charge is 2.08. The molecule has 0 aliphatic carbocycles. The van der Waals surface area contributed by atoms with E-state index in [9.17, 15) is 4.79 Å². The van der Waals surface area contributed by atoms with E-state index in [1.807, 2.05) is 44.2 Å². The number of amides is 1. The van der Waals surface area contributed by atoms with Crippen molar-refractivity contribution in [3.8, 4) is 5.69 Å². The first-order valence-corrected chi connectivity index (χ1v) is 8.18. The second kappa shape index (κ2) is 6.88. The molecule has 0 saturated heterocycles. The SMILES string of the molecule is Cc1ccc(C)n1-c1cccc(C(=O)N/N=C\c2ccc(Br)o2)c1. The normalized spacial score (nSPS) is 11.1. The van der Waals surface area contributed by atoms with Crippen molar-refractivity contribution < 1.29 is 9.21 Å². The third-order valence-electron chi connectivity index (χ3n) is 3.59. The summed E-state index contributed by atoms with van der Waals surface area (Å²) in [7, 11) is 0. The van der Waals surface area contributed by atoms with Gasteiger partial charge in [0.1, 0.15) is 5.76 Å². The molecule has 1 N–H and O–H groups in total. The number of nitrogens with zero attached hydrogens (tertiary/aromatic N) is 2. The first kappa shape index (κ1) is 16.3. The smallest absolute Gasteiger partial charge is 0.271 e. The van der Waals surface area contributed by atoms with Crippen molar-refractivity contribution in [1.82, 2.24) is 9.99 Å². The summed E-state index contributed by atoms with van der Waals surface area (Å²) in [6.07, 6.45) is 1.45. The Balaban J connectivity index is 1.76. The van der Waals surface area contributed by atoms with E-state index in [0.29, 0.717) is 16.0 Å². The minimum Gasteiger partial charge on any atom is -0.448 e. The van der Waals surface area contributed by atoms with Gasteiger partial charge in [-0.25, -0.2) is 5.43 Å². The predicted molar refractivity (Wildman–Crippen MR) is 96.7 cm³/mol. The fourth-order valence-corrected chi connectivity index (χ4v) is 2.80. The molecular formula is C18H16BrN3O2. The van der Waals surface area contributed by atoms with Crippen LogP contribution >= 0.6 is 15.9 Å². The second-order valence-electron chi connectivity index (χ2n) is 5.34. The van der Waals surface area contributed by atoms with E-state index < -0.39 is 0 Å². The Morgan fingerprint density at radius 3 is 2.58 bits per heavy atom. The van der Waals surface area contributed by atoms with Crippen LogP contribution in [0, 0.1) is 13.8 Å². The molecule has 5 nitrogen and oxygen atoms in total. The maximum Gasteiger partial charge on any atom is 0.271 e. The summed E-state index contributed by atoms with van der Waals surface area (Å²) in [6.45, 7) is 4.07. The van der Waals surface area contributed by atoms with Gasteiger partial charge in [-0.2, -0.15) is 5.10 Å².